The molecule has 0 aliphatic heterocycles. The molecular formula is C22H38O. The largest absolute Gasteiger partial charge is 0.378 e. The van der Waals surface area contributed by atoms with Gasteiger partial charge in [0.15, 0.2) is 0 Å². The van der Waals surface area contributed by atoms with Gasteiger partial charge in [-0.05, 0) is 82.0 Å². The van der Waals surface area contributed by atoms with Gasteiger partial charge in [-0.1, -0.05) is 38.0 Å². The Morgan fingerprint density at radius 3 is 2.09 bits per heavy atom. The molecule has 2 aliphatic carbocycles. The maximum Gasteiger partial charge on any atom is 0.0575 e. The highest BCUT2D eigenvalue weighted by atomic mass is 16.5. The third-order valence-electron chi connectivity index (χ3n) is 5.99. The van der Waals surface area contributed by atoms with E-state index in [1.165, 1.54) is 70.6 Å². The summed E-state index contributed by atoms with van der Waals surface area (Å²) in [5, 5.41) is 0. The van der Waals surface area contributed by atoms with Gasteiger partial charge in [-0.2, -0.15) is 0 Å². The van der Waals surface area contributed by atoms with Crippen LogP contribution in [0.15, 0.2) is 24.8 Å². The Balaban J connectivity index is 1.54. The monoisotopic (exact) mass is 318 g/mol. The van der Waals surface area contributed by atoms with Gasteiger partial charge < -0.3 is 4.74 Å². The van der Waals surface area contributed by atoms with Crippen LogP contribution >= 0.6 is 0 Å². The van der Waals surface area contributed by atoms with Gasteiger partial charge in [-0.3, -0.25) is 0 Å². The molecule has 2 fully saturated rings. The summed E-state index contributed by atoms with van der Waals surface area (Å²) in [6, 6.07) is 0. The zero-order valence-corrected chi connectivity index (χ0v) is 15.3. The molecule has 0 atom stereocenters. The average Bonchev–Trinajstić information content (AvgIpc) is 2.60. The van der Waals surface area contributed by atoms with E-state index < -0.39 is 0 Å². The highest BCUT2D eigenvalue weighted by Crippen LogP contribution is 2.36. The van der Waals surface area contributed by atoms with Crippen molar-refractivity contribution in [1.29, 1.82) is 0 Å². The Kier molecular flexibility index (Phi) is 9.04. The zero-order chi connectivity index (χ0) is 16.3. The highest BCUT2D eigenvalue weighted by molar-refractivity contribution is 4.90. The Labute approximate surface area is 144 Å². The first-order chi connectivity index (χ1) is 11.3. The lowest BCUT2D eigenvalue weighted by Gasteiger charge is -2.31. The summed E-state index contributed by atoms with van der Waals surface area (Å²) in [6.45, 7) is 6.87. The minimum atomic E-state index is 0.534. The van der Waals surface area contributed by atoms with E-state index in [2.05, 4.69) is 25.7 Å². The van der Waals surface area contributed by atoms with Crippen LogP contribution in [0.5, 0.6) is 0 Å². The number of ether oxygens (including phenoxy) is 1. The van der Waals surface area contributed by atoms with Crippen molar-refractivity contribution < 1.29 is 4.74 Å². The fourth-order valence-electron chi connectivity index (χ4n) is 4.37. The van der Waals surface area contributed by atoms with Crippen LogP contribution < -0.4 is 0 Å². The molecule has 2 aliphatic rings. The molecule has 0 unspecified atom stereocenters. The predicted octanol–water partition coefficient (Wildman–Crippen LogP) is 6.69. The van der Waals surface area contributed by atoms with Crippen molar-refractivity contribution in [3.05, 3.63) is 24.8 Å². The highest BCUT2D eigenvalue weighted by Gasteiger charge is 2.24. The second kappa shape index (κ2) is 11.1. The van der Waals surface area contributed by atoms with E-state index in [-0.39, 0.29) is 0 Å². The Morgan fingerprint density at radius 2 is 1.52 bits per heavy atom. The molecule has 0 bridgehead atoms. The smallest absolute Gasteiger partial charge is 0.0575 e. The molecule has 2 saturated carbocycles. The van der Waals surface area contributed by atoms with Gasteiger partial charge in [0.05, 0.1) is 12.7 Å². The van der Waals surface area contributed by atoms with Gasteiger partial charge in [0, 0.05) is 0 Å². The van der Waals surface area contributed by atoms with Crippen molar-refractivity contribution in [2.45, 2.75) is 90.1 Å². The average molecular weight is 319 g/mol. The molecule has 0 N–H and O–H groups in total. The van der Waals surface area contributed by atoms with Crippen molar-refractivity contribution in [1.82, 2.24) is 0 Å². The molecule has 0 saturated heterocycles. The number of rotatable bonds is 9. The Morgan fingerprint density at radius 1 is 0.913 bits per heavy atom. The molecule has 1 nitrogen and oxygen atoms in total. The van der Waals surface area contributed by atoms with Crippen molar-refractivity contribution in [2.24, 2.45) is 17.8 Å². The summed E-state index contributed by atoms with van der Waals surface area (Å²) in [7, 11) is 0. The molecule has 0 radical (unpaired) electrons. The number of allylic oxidation sites excluding steroid dienone is 2. The molecular weight excluding hydrogens is 280 g/mol. The van der Waals surface area contributed by atoms with Crippen LogP contribution in [0.3, 0.4) is 0 Å². The maximum atomic E-state index is 5.93. The lowest BCUT2D eigenvalue weighted by atomic mass is 9.77. The van der Waals surface area contributed by atoms with Crippen molar-refractivity contribution in [3.63, 3.8) is 0 Å². The van der Waals surface area contributed by atoms with Crippen LogP contribution in [0, 0.1) is 17.8 Å². The molecule has 0 spiro atoms. The number of hydrogen-bond donors (Lipinski definition) is 0. The second-order valence-electron chi connectivity index (χ2n) is 7.79. The van der Waals surface area contributed by atoms with Crippen LogP contribution in [0.2, 0.25) is 0 Å². The van der Waals surface area contributed by atoms with Crippen LogP contribution in [0.1, 0.15) is 84.0 Å². The third-order valence-corrected chi connectivity index (χ3v) is 5.99. The standard InChI is InChI=1S/C22H38O/c1-3-5-7-19-8-10-20(11-9-19)12-13-21-14-16-22(17-15-21)23-18-6-4-2/h4-5,7,19-22H,2-3,6,8-18H2,1H3/b7-5+. The van der Waals surface area contributed by atoms with Gasteiger partial charge in [0.2, 0.25) is 0 Å². The summed E-state index contributed by atoms with van der Waals surface area (Å²) in [6.07, 6.45) is 23.7. The summed E-state index contributed by atoms with van der Waals surface area (Å²) in [5.41, 5.74) is 0. The van der Waals surface area contributed by atoms with Crippen molar-refractivity contribution >= 4 is 0 Å². The van der Waals surface area contributed by atoms with Gasteiger partial charge in [-0.15, -0.1) is 6.58 Å². The molecule has 0 heterocycles. The van der Waals surface area contributed by atoms with Gasteiger partial charge >= 0.3 is 0 Å². The number of hydrogen-bond acceptors (Lipinski definition) is 1. The third kappa shape index (κ3) is 7.25. The summed E-state index contributed by atoms with van der Waals surface area (Å²) < 4.78 is 5.93. The van der Waals surface area contributed by atoms with E-state index in [1.807, 2.05) is 6.08 Å². The van der Waals surface area contributed by atoms with E-state index in [1.54, 1.807) is 0 Å². The van der Waals surface area contributed by atoms with E-state index in [4.69, 9.17) is 4.74 Å². The lowest BCUT2D eigenvalue weighted by Crippen LogP contribution is -2.23. The molecule has 0 aromatic heterocycles. The van der Waals surface area contributed by atoms with Gasteiger partial charge in [-0.25, -0.2) is 0 Å². The first kappa shape index (κ1) is 18.8. The molecule has 0 amide bonds. The second-order valence-corrected chi connectivity index (χ2v) is 7.79. The molecule has 2 rings (SSSR count). The summed E-state index contributed by atoms with van der Waals surface area (Å²) >= 11 is 0. The van der Waals surface area contributed by atoms with Crippen molar-refractivity contribution in [2.75, 3.05) is 6.61 Å². The Bertz CT molecular complexity index is 330. The fraction of sp³-hybridized carbons (Fsp3) is 0.818. The van der Waals surface area contributed by atoms with Crippen LogP contribution in [0.25, 0.3) is 0 Å². The predicted molar refractivity (Wildman–Crippen MR) is 101 cm³/mol. The minimum Gasteiger partial charge on any atom is -0.378 e. The Hall–Kier alpha value is -0.560. The quantitative estimate of drug-likeness (QED) is 0.340. The SMILES string of the molecule is C=CCCOC1CCC(CCC2CCC(/C=C/CC)CC2)CC1. The van der Waals surface area contributed by atoms with E-state index in [0.29, 0.717) is 6.10 Å². The first-order valence-corrected chi connectivity index (χ1v) is 10.2. The molecule has 0 aromatic carbocycles. The van der Waals surface area contributed by atoms with Crippen LogP contribution in [0.4, 0.5) is 0 Å². The molecule has 0 aromatic rings. The molecule has 1 heteroatoms. The minimum absolute atomic E-state index is 0.534. The summed E-state index contributed by atoms with van der Waals surface area (Å²) in [5.74, 6) is 2.88. The fourth-order valence-corrected chi connectivity index (χ4v) is 4.37. The lowest BCUT2D eigenvalue weighted by molar-refractivity contribution is 0.0189. The van der Waals surface area contributed by atoms with Gasteiger partial charge in [0.1, 0.15) is 0 Å². The van der Waals surface area contributed by atoms with E-state index >= 15 is 0 Å². The normalized spacial score (nSPS) is 32.2. The summed E-state index contributed by atoms with van der Waals surface area (Å²) in [4.78, 5) is 0. The zero-order valence-electron chi connectivity index (χ0n) is 15.3. The van der Waals surface area contributed by atoms with E-state index in [0.717, 1.165) is 30.8 Å². The van der Waals surface area contributed by atoms with Gasteiger partial charge in [0.25, 0.3) is 0 Å². The van der Waals surface area contributed by atoms with Crippen LogP contribution in [-0.4, -0.2) is 12.7 Å². The topological polar surface area (TPSA) is 9.23 Å². The van der Waals surface area contributed by atoms with E-state index in [9.17, 15) is 0 Å². The van der Waals surface area contributed by atoms with Crippen molar-refractivity contribution in [3.8, 4) is 0 Å². The first-order valence-electron chi connectivity index (χ1n) is 10.2. The van der Waals surface area contributed by atoms with Crippen LogP contribution in [-0.2, 0) is 4.74 Å². The molecule has 23 heavy (non-hydrogen) atoms. The maximum absolute atomic E-state index is 5.93. The molecule has 132 valence electrons.